The van der Waals surface area contributed by atoms with Gasteiger partial charge in [0.2, 0.25) is 0 Å². The number of benzene rings is 1. The van der Waals surface area contributed by atoms with Gasteiger partial charge in [0.1, 0.15) is 17.5 Å². The van der Waals surface area contributed by atoms with Crippen molar-refractivity contribution >= 4 is 39.9 Å². The van der Waals surface area contributed by atoms with E-state index in [1.807, 2.05) is 26.1 Å². The van der Waals surface area contributed by atoms with Crippen molar-refractivity contribution < 1.29 is 0 Å². The molecule has 20 heavy (non-hydrogen) atoms. The van der Waals surface area contributed by atoms with Gasteiger partial charge in [-0.05, 0) is 41.6 Å². The minimum Gasteiger partial charge on any atom is -0.373 e. The maximum absolute atomic E-state index is 4.65. The van der Waals surface area contributed by atoms with Crippen molar-refractivity contribution in [3.05, 3.63) is 39.2 Å². The van der Waals surface area contributed by atoms with Crippen LogP contribution in [0.5, 0.6) is 0 Å². The molecule has 2 rings (SSSR count). The van der Waals surface area contributed by atoms with Gasteiger partial charge in [-0.2, -0.15) is 0 Å². The summed E-state index contributed by atoms with van der Waals surface area (Å²) in [6.45, 7) is 6.22. The molecule has 0 aliphatic rings. The van der Waals surface area contributed by atoms with Gasteiger partial charge in [0.15, 0.2) is 0 Å². The Balaban J connectivity index is 2.45. The molecule has 0 aliphatic carbocycles. The maximum atomic E-state index is 4.65. The fourth-order valence-electron chi connectivity index (χ4n) is 1.85. The topological polar surface area (TPSA) is 49.8 Å². The second kappa shape index (κ2) is 6.39. The van der Waals surface area contributed by atoms with Gasteiger partial charge in [-0.15, -0.1) is 0 Å². The molecule has 5 heteroatoms. The molecule has 0 spiro atoms. The van der Waals surface area contributed by atoms with E-state index in [9.17, 15) is 0 Å². The Labute approximate surface area is 133 Å². The lowest BCUT2D eigenvalue weighted by atomic mass is 10.2. The van der Waals surface area contributed by atoms with Crippen LogP contribution in [0.1, 0.15) is 31.2 Å². The smallest absolute Gasteiger partial charge is 0.139 e. The van der Waals surface area contributed by atoms with Crippen molar-refractivity contribution in [1.29, 1.82) is 0 Å². The van der Waals surface area contributed by atoms with Crippen LogP contribution in [0, 0.1) is 10.5 Å². The first-order valence-electron chi connectivity index (χ1n) is 6.60. The van der Waals surface area contributed by atoms with Crippen LogP contribution in [0.2, 0.25) is 0 Å². The van der Waals surface area contributed by atoms with E-state index in [1.165, 1.54) is 3.57 Å². The molecule has 0 aliphatic heterocycles. The van der Waals surface area contributed by atoms with E-state index in [2.05, 4.69) is 69.2 Å². The SMILES string of the molecule is CNc1nc(C(C)C)nc(Nc2ccccc2I)c1C. The number of halogens is 1. The minimum atomic E-state index is 0.290. The number of hydrogen-bond acceptors (Lipinski definition) is 4. The largest absolute Gasteiger partial charge is 0.373 e. The van der Waals surface area contributed by atoms with E-state index in [1.54, 1.807) is 0 Å². The monoisotopic (exact) mass is 382 g/mol. The summed E-state index contributed by atoms with van der Waals surface area (Å²) in [5.41, 5.74) is 2.09. The summed E-state index contributed by atoms with van der Waals surface area (Å²) >= 11 is 2.32. The van der Waals surface area contributed by atoms with Crippen molar-refractivity contribution in [2.45, 2.75) is 26.7 Å². The lowest BCUT2D eigenvalue weighted by Gasteiger charge is -2.15. The summed E-state index contributed by atoms with van der Waals surface area (Å²) < 4.78 is 1.17. The second-order valence-corrected chi connectivity index (χ2v) is 6.08. The fraction of sp³-hybridized carbons (Fsp3) is 0.333. The first kappa shape index (κ1) is 15.0. The van der Waals surface area contributed by atoms with Crippen LogP contribution in [0.25, 0.3) is 0 Å². The highest BCUT2D eigenvalue weighted by Gasteiger charge is 2.13. The molecule has 0 unspecified atom stereocenters. The van der Waals surface area contributed by atoms with E-state index in [-0.39, 0.29) is 5.92 Å². The van der Waals surface area contributed by atoms with Gasteiger partial charge in [0.25, 0.3) is 0 Å². The van der Waals surface area contributed by atoms with Gasteiger partial charge >= 0.3 is 0 Å². The molecule has 2 N–H and O–H groups in total. The van der Waals surface area contributed by atoms with Crippen LogP contribution in [0.15, 0.2) is 24.3 Å². The molecule has 1 heterocycles. The highest BCUT2D eigenvalue weighted by atomic mass is 127. The first-order chi connectivity index (χ1) is 9.52. The van der Waals surface area contributed by atoms with Gasteiger partial charge in [-0.3, -0.25) is 0 Å². The summed E-state index contributed by atoms with van der Waals surface area (Å²) in [5.74, 6) is 2.86. The van der Waals surface area contributed by atoms with E-state index in [4.69, 9.17) is 0 Å². The van der Waals surface area contributed by atoms with Crippen LogP contribution < -0.4 is 10.6 Å². The average molecular weight is 382 g/mol. The standard InChI is InChI=1S/C15H19IN4/c1-9(2)13-19-14(17-4)10(3)15(20-13)18-12-8-6-5-7-11(12)16/h5-9H,1-4H3,(H2,17,18,19,20). The summed E-state index contributed by atoms with van der Waals surface area (Å²) in [5, 5.41) is 6.55. The molecule has 4 nitrogen and oxygen atoms in total. The quantitative estimate of drug-likeness (QED) is 0.775. The fourth-order valence-corrected chi connectivity index (χ4v) is 2.37. The molecule has 0 amide bonds. The molecule has 0 atom stereocenters. The molecule has 2 aromatic rings. The normalized spacial score (nSPS) is 10.7. The van der Waals surface area contributed by atoms with Gasteiger partial charge in [-0.25, -0.2) is 9.97 Å². The van der Waals surface area contributed by atoms with Crippen molar-refractivity contribution in [1.82, 2.24) is 9.97 Å². The Morgan fingerprint density at radius 3 is 2.35 bits per heavy atom. The lowest BCUT2D eigenvalue weighted by Crippen LogP contribution is -2.08. The average Bonchev–Trinajstić information content (AvgIpc) is 2.43. The predicted octanol–water partition coefficient (Wildman–Crippen LogP) is 4.30. The number of anilines is 3. The molecular formula is C15H19IN4. The molecule has 106 valence electrons. The summed E-state index contributed by atoms with van der Waals surface area (Å²) in [6, 6.07) is 8.17. The molecule has 0 bridgehead atoms. The third-order valence-corrected chi connectivity index (χ3v) is 3.98. The number of para-hydroxylation sites is 1. The third kappa shape index (κ3) is 3.20. The number of aromatic nitrogens is 2. The molecule has 1 aromatic heterocycles. The molecule has 1 aromatic carbocycles. The molecule has 0 saturated carbocycles. The zero-order valence-corrected chi connectivity index (χ0v) is 14.3. The Bertz CT molecular complexity index is 611. The highest BCUT2D eigenvalue weighted by Crippen LogP contribution is 2.27. The zero-order chi connectivity index (χ0) is 14.7. The molecule has 0 fully saturated rings. The van der Waals surface area contributed by atoms with Crippen LogP contribution in [0.4, 0.5) is 17.3 Å². The van der Waals surface area contributed by atoms with Crippen molar-refractivity contribution in [3.63, 3.8) is 0 Å². The Hall–Kier alpha value is -1.37. The maximum Gasteiger partial charge on any atom is 0.139 e. The van der Waals surface area contributed by atoms with Gasteiger partial charge in [0, 0.05) is 22.1 Å². The Morgan fingerprint density at radius 1 is 1.10 bits per heavy atom. The summed E-state index contributed by atoms with van der Waals surface area (Å²) in [7, 11) is 1.88. The summed E-state index contributed by atoms with van der Waals surface area (Å²) in [6.07, 6.45) is 0. The van der Waals surface area contributed by atoms with Crippen LogP contribution in [-0.2, 0) is 0 Å². The predicted molar refractivity (Wildman–Crippen MR) is 92.8 cm³/mol. The van der Waals surface area contributed by atoms with Crippen LogP contribution in [0.3, 0.4) is 0 Å². The number of nitrogens with zero attached hydrogens (tertiary/aromatic N) is 2. The third-order valence-electron chi connectivity index (χ3n) is 3.04. The highest BCUT2D eigenvalue weighted by molar-refractivity contribution is 14.1. The van der Waals surface area contributed by atoms with Crippen molar-refractivity contribution in [3.8, 4) is 0 Å². The Kier molecular flexibility index (Phi) is 4.80. The second-order valence-electron chi connectivity index (χ2n) is 4.91. The van der Waals surface area contributed by atoms with Gasteiger partial charge in [0.05, 0.1) is 5.69 Å². The van der Waals surface area contributed by atoms with E-state index >= 15 is 0 Å². The van der Waals surface area contributed by atoms with Gasteiger partial charge < -0.3 is 10.6 Å². The minimum absolute atomic E-state index is 0.290. The van der Waals surface area contributed by atoms with E-state index in [0.29, 0.717) is 0 Å². The first-order valence-corrected chi connectivity index (χ1v) is 7.68. The van der Waals surface area contributed by atoms with Gasteiger partial charge in [-0.1, -0.05) is 26.0 Å². The van der Waals surface area contributed by atoms with Crippen LogP contribution >= 0.6 is 22.6 Å². The number of rotatable bonds is 4. The lowest BCUT2D eigenvalue weighted by molar-refractivity contribution is 0.775. The van der Waals surface area contributed by atoms with Crippen LogP contribution in [-0.4, -0.2) is 17.0 Å². The van der Waals surface area contributed by atoms with E-state index < -0.39 is 0 Å². The van der Waals surface area contributed by atoms with Crippen molar-refractivity contribution in [2.75, 3.05) is 17.7 Å². The zero-order valence-electron chi connectivity index (χ0n) is 12.2. The molecular weight excluding hydrogens is 363 g/mol. The van der Waals surface area contributed by atoms with Crippen molar-refractivity contribution in [2.24, 2.45) is 0 Å². The number of nitrogens with one attached hydrogen (secondary N) is 2. The summed E-state index contributed by atoms with van der Waals surface area (Å²) in [4.78, 5) is 9.20. The molecule has 0 saturated heterocycles. The van der Waals surface area contributed by atoms with E-state index in [0.717, 1.165) is 28.7 Å². The Morgan fingerprint density at radius 2 is 1.75 bits per heavy atom. The number of hydrogen-bond donors (Lipinski definition) is 2. The molecule has 0 radical (unpaired) electrons.